The normalized spacial score (nSPS) is 10.5. The Labute approximate surface area is 88.3 Å². The van der Waals surface area contributed by atoms with Crippen molar-refractivity contribution in [2.75, 3.05) is 17.3 Å². The molecular weight excluding hydrogens is 197 g/mol. The zero-order chi connectivity index (χ0) is 11.3. The summed E-state index contributed by atoms with van der Waals surface area (Å²) in [4.78, 5) is 7.49. The lowest BCUT2D eigenvalue weighted by Crippen LogP contribution is -2.14. The average molecular weight is 213 g/mol. The maximum absolute atomic E-state index is 13.2. The van der Waals surface area contributed by atoms with Crippen molar-refractivity contribution in [2.45, 2.75) is 20.3 Å². The van der Waals surface area contributed by atoms with E-state index in [1.165, 1.54) is 0 Å². The fraction of sp³-hybridized carbons (Fsp3) is 0.556. The summed E-state index contributed by atoms with van der Waals surface area (Å²) >= 11 is 0. The molecule has 15 heavy (non-hydrogen) atoms. The van der Waals surface area contributed by atoms with Crippen LogP contribution in [0.25, 0.3) is 0 Å². The molecule has 0 saturated carbocycles. The molecule has 1 aromatic heterocycles. The number of hydrogen-bond acceptors (Lipinski definition) is 5. The first-order valence-electron chi connectivity index (χ1n) is 4.86. The fourth-order valence-corrected chi connectivity index (χ4v) is 1.04. The zero-order valence-corrected chi connectivity index (χ0v) is 8.92. The lowest BCUT2D eigenvalue weighted by molar-refractivity contribution is 0.594. The van der Waals surface area contributed by atoms with Gasteiger partial charge in [0.25, 0.3) is 0 Å². The number of nitrogens with one attached hydrogen (secondary N) is 2. The second-order valence-electron chi connectivity index (χ2n) is 3.64. The Bertz CT molecular complexity index is 315. The Hall–Kier alpha value is -1.43. The standard InChI is InChI=1S/C9H16FN5/c1-6(2)3-4-12-8-7(10)5-13-9(14-8)15-11/h5-6H,3-4,11H2,1-2H3,(H2,12,13,14,15). The highest BCUT2D eigenvalue weighted by Gasteiger charge is 2.05. The molecule has 1 rings (SSSR count). The van der Waals surface area contributed by atoms with Gasteiger partial charge in [0.15, 0.2) is 11.6 Å². The molecule has 6 heteroatoms. The Morgan fingerprint density at radius 1 is 1.53 bits per heavy atom. The highest BCUT2D eigenvalue weighted by Crippen LogP contribution is 2.11. The van der Waals surface area contributed by atoms with Crippen molar-refractivity contribution in [1.29, 1.82) is 0 Å². The summed E-state index contributed by atoms with van der Waals surface area (Å²) in [5.74, 6) is 5.59. The molecule has 4 N–H and O–H groups in total. The van der Waals surface area contributed by atoms with E-state index in [0.29, 0.717) is 12.5 Å². The molecule has 0 saturated heterocycles. The van der Waals surface area contributed by atoms with E-state index in [4.69, 9.17) is 5.84 Å². The van der Waals surface area contributed by atoms with Gasteiger partial charge in [0.2, 0.25) is 5.95 Å². The van der Waals surface area contributed by atoms with Crippen molar-refractivity contribution in [3.8, 4) is 0 Å². The molecule has 1 aromatic rings. The smallest absolute Gasteiger partial charge is 0.239 e. The van der Waals surface area contributed by atoms with Gasteiger partial charge in [0.1, 0.15) is 0 Å². The summed E-state index contributed by atoms with van der Waals surface area (Å²) in [5, 5.41) is 2.90. The van der Waals surface area contributed by atoms with Crippen molar-refractivity contribution in [1.82, 2.24) is 9.97 Å². The summed E-state index contributed by atoms with van der Waals surface area (Å²) in [7, 11) is 0. The summed E-state index contributed by atoms with van der Waals surface area (Å²) in [6, 6.07) is 0. The lowest BCUT2D eigenvalue weighted by Gasteiger charge is -2.08. The molecular formula is C9H16FN5. The van der Waals surface area contributed by atoms with Gasteiger partial charge in [-0.05, 0) is 12.3 Å². The molecule has 0 aromatic carbocycles. The van der Waals surface area contributed by atoms with E-state index in [9.17, 15) is 4.39 Å². The molecule has 0 amide bonds. The van der Waals surface area contributed by atoms with Crippen molar-refractivity contribution >= 4 is 11.8 Å². The second-order valence-corrected chi connectivity index (χ2v) is 3.64. The minimum atomic E-state index is -0.474. The van der Waals surface area contributed by atoms with Gasteiger partial charge in [-0.1, -0.05) is 13.8 Å². The fourth-order valence-electron chi connectivity index (χ4n) is 1.04. The molecule has 0 unspecified atom stereocenters. The molecule has 0 aliphatic carbocycles. The Kier molecular flexibility index (Phi) is 4.23. The minimum absolute atomic E-state index is 0.179. The van der Waals surface area contributed by atoms with Gasteiger partial charge < -0.3 is 5.32 Å². The van der Waals surface area contributed by atoms with E-state index in [1.807, 2.05) is 0 Å². The molecule has 84 valence electrons. The second kappa shape index (κ2) is 5.45. The number of anilines is 2. The van der Waals surface area contributed by atoms with E-state index in [2.05, 4.69) is 34.6 Å². The first-order valence-corrected chi connectivity index (χ1v) is 4.86. The third-order valence-corrected chi connectivity index (χ3v) is 1.89. The molecule has 0 atom stereocenters. The zero-order valence-electron chi connectivity index (χ0n) is 8.92. The van der Waals surface area contributed by atoms with Crippen LogP contribution in [-0.4, -0.2) is 16.5 Å². The van der Waals surface area contributed by atoms with Crippen LogP contribution in [0.5, 0.6) is 0 Å². The van der Waals surface area contributed by atoms with E-state index in [0.717, 1.165) is 12.6 Å². The maximum Gasteiger partial charge on any atom is 0.239 e. The van der Waals surface area contributed by atoms with Gasteiger partial charge in [0.05, 0.1) is 6.20 Å². The van der Waals surface area contributed by atoms with Gasteiger partial charge in [-0.15, -0.1) is 0 Å². The summed E-state index contributed by atoms with van der Waals surface area (Å²) in [6.45, 7) is 4.88. The van der Waals surface area contributed by atoms with Gasteiger partial charge in [0, 0.05) is 6.54 Å². The molecule has 0 aliphatic heterocycles. The highest BCUT2D eigenvalue weighted by atomic mass is 19.1. The molecule has 0 bridgehead atoms. The van der Waals surface area contributed by atoms with Gasteiger partial charge in [-0.2, -0.15) is 4.98 Å². The van der Waals surface area contributed by atoms with E-state index < -0.39 is 5.82 Å². The van der Waals surface area contributed by atoms with Gasteiger partial charge >= 0.3 is 0 Å². The SMILES string of the molecule is CC(C)CCNc1nc(NN)ncc1F. The first kappa shape index (κ1) is 11.6. The van der Waals surface area contributed by atoms with Crippen LogP contribution in [0.3, 0.4) is 0 Å². The predicted octanol–water partition coefficient (Wildman–Crippen LogP) is 1.36. The lowest BCUT2D eigenvalue weighted by atomic mass is 10.1. The number of nitrogens with two attached hydrogens (primary N) is 1. The predicted molar refractivity (Wildman–Crippen MR) is 57.7 cm³/mol. The first-order chi connectivity index (χ1) is 7.13. The molecule has 0 radical (unpaired) electrons. The quantitative estimate of drug-likeness (QED) is 0.508. The number of rotatable bonds is 5. The summed E-state index contributed by atoms with van der Waals surface area (Å²) in [5.41, 5.74) is 2.26. The Morgan fingerprint density at radius 3 is 2.87 bits per heavy atom. The number of nitrogen functional groups attached to an aromatic ring is 1. The highest BCUT2D eigenvalue weighted by molar-refractivity contribution is 5.40. The van der Waals surface area contributed by atoms with Crippen molar-refractivity contribution < 1.29 is 4.39 Å². The van der Waals surface area contributed by atoms with Crippen LogP contribution in [0.1, 0.15) is 20.3 Å². The Morgan fingerprint density at radius 2 is 2.27 bits per heavy atom. The third-order valence-electron chi connectivity index (χ3n) is 1.89. The Balaban J connectivity index is 2.59. The number of halogens is 1. The number of nitrogens with zero attached hydrogens (tertiary/aromatic N) is 2. The number of hydrogen-bond donors (Lipinski definition) is 3. The van der Waals surface area contributed by atoms with E-state index in [1.54, 1.807) is 0 Å². The van der Waals surface area contributed by atoms with Crippen LogP contribution >= 0.6 is 0 Å². The van der Waals surface area contributed by atoms with Gasteiger partial charge in [-0.25, -0.2) is 15.2 Å². The number of aromatic nitrogens is 2. The van der Waals surface area contributed by atoms with E-state index in [-0.39, 0.29) is 11.8 Å². The summed E-state index contributed by atoms with van der Waals surface area (Å²) in [6.07, 6.45) is 2.04. The largest absolute Gasteiger partial charge is 0.367 e. The molecule has 1 heterocycles. The molecule has 0 spiro atoms. The van der Waals surface area contributed by atoms with Crippen molar-refractivity contribution in [2.24, 2.45) is 11.8 Å². The third kappa shape index (κ3) is 3.67. The molecule has 0 fully saturated rings. The van der Waals surface area contributed by atoms with Crippen molar-refractivity contribution in [3.63, 3.8) is 0 Å². The molecule has 0 aliphatic rings. The van der Waals surface area contributed by atoms with Crippen LogP contribution in [0.2, 0.25) is 0 Å². The topological polar surface area (TPSA) is 75.9 Å². The van der Waals surface area contributed by atoms with Crippen LogP contribution in [-0.2, 0) is 0 Å². The average Bonchev–Trinajstić information content (AvgIpc) is 2.20. The maximum atomic E-state index is 13.2. The molecule has 5 nitrogen and oxygen atoms in total. The van der Waals surface area contributed by atoms with E-state index >= 15 is 0 Å². The van der Waals surface area contributed by atoms with Crippen LogP contribution in [0.15, 0.2) is 6.20 Å². The van der Waals surface area contributed by atoms with Crippen LogP contribution in [0, 0.1) is 11.7 Å². The van der Waals surface area contributed by atoms with Crippen molar-refractivity contribution in [3.05, 3.63) is 12.0 Å². The monoisotopic (exact) mass is 213 g/mol. The van der Waals surface area contributed by atoms with Crippen LogP contribution < -0.4 is 16.6 Å². The van der Waals surface area contributed by atoms with Gasteiger partial charge in [-0.3, -0.25) is 5.43 Å². The van der Waals surface area contributed by atoms with Crippen LogP contribution in [0.4, 0.5) is 16.2 Å². The number of hydrazine groups is 1. The summed E-state index contributed by atoms with van der Waals surface area (Å²) < 4.78 is 13.2. The minimum Gasteiger partial charge on any atom is -0.367 e.